The second kappa shape index (κ2) is 5.84. The van der Waals surface area contributed by atoms with Crippen LogP contribution in [0.15, 0.2) is 35.7 Å². The number of benzene rings is 1. The van der Waals surface area contributed by atoms with Gasteiger partial charge in [0.15, 0.2) is 6.04 Å². The van der Waals surface area contributed by atoms with Crippen LogP contribution in [0.4, 0.5) is 10.1 Å². The van der Waals surface area contributed by atoms with E-state index in [0.29, 0.717) is 5.69 Å². The van der Waals surface area contributed by atoms with Crippen LogP contribution in [0.3, 0.4) is 0 Å². The van der Waals surface area contributed by atoms with Crippen LogP contribution >= 0.6 is 11.3 Å². The van der Waals surface area contributed by atoms with Gasteiger partial charge in [-0.3, -0.25) is 0 Å². The number of anilines is 1. The van der Waals surface area contributed by atoms with Crippen molar-refractivity contribution in [3.05, 3.63) is 52.0 Å². The molecule has 1 heterocycles. The number of aryl methyl sites for hydroxylation is 1. The van der Waals surface area contributed by atoms with Crippen LogP contribution in [-0.4, -0.2) is 13.1 Å². The predicted octanol–water partition coefficient (Wildman–Crippen LogP) is 3.52. The van der Waals surface area contributed by atoms with Gasteiger partial charge < -0.3 is 10.1 Å². The van der Waals surface area contributed by atoms with Crippen molar-refractivity contribution in [2.75, 3.05) is 12.4 Å². The quantitative estimate of drug-likeness (QED) is 0.870. The molecule has 0 spiro atoms. The molecular weight excluding hydrogens is 265 g/mol. The molecule has 1 unspecified atom stereocenters. The average Bonchev–Trinajstić information content (AvgIpc) is 2.83. The Labute approximate surface area is 115 Å². The van der Waals surface area contributed by atoms with E-state index in [1.165, 1.54) is 30.6 Å². The fourth-order valence-electron chi connectivity index (χ4n) is 1.74. The molecule has 0 saturated carbocycles. The SMILES string of the molecule is COC(=O)C(Nc1ccc(F)cc1)c1sccc1C. The second-order valence-electron chi connectivity index (χ2n) is 4.08. The van der Waals surface area contributed by atoms with Crippen molar-refractivity contribution in [1.29, 1.82) is 0 Å². The molecule has 5 heteroatoms. The molecule has 0 fully saturated rings. The van der Waals surface area contributed by atoms with Gasteiger partial charge in [0.25, 0.3) is 0 Å². The fourth-order valence-corrected chi connectivity index (χ4v) is 2.71. The zero-order valence-electron chi connectivity index (χ0n) is 10.6. The Hall–Kier alpha value is -1.88. The molecule has 19 heavy (non-hydrogen) atoms. The summed E-state index contributed by atoms with van der Waals surface area (Å²) < 4.78 is 17.7. The van der Waals surface area contributed by atoms with E-state index in [1.54, 1.807) is 12.1 Å². The molecule has 0 amide bonds. The van der Waals surface area contributed by atoms with Crippen LogP contribution in [0.5, 0.6) is 0 Å². The van der Waals surface area contributed by atoms with E-state index in [2.05, 4.69) is 5.32 Å². The van der Waals surface area contributed by atoms with Crippen molar-refractivity contribution in [3.8, 4) is 0 Å². The molecule has 1 N–H and O–H groups in total. The van der Waals surface area contributed by atoms with Crippen LogP contribution in [0.2, 0.25) is 0 Å². The van der Waals surface area contributed by atoms with E-state index in [9.17, 15) is 9.18 Å². The summed E-state index contributed by atoms with van der Waals surface area (Å²) in [6.07, 6.45) is 0. The third kappa shape index (κ3) is 3.12. The van der Waals surface area contributed by atoms with Crippen LogP contribution in [-0.2, 0) is 9.53 Å². The Kier molecular flexibility index (Phi) is 4.16. The summed E-state index contributed by atoms with van der Waals surface area (Å²) in [5, 5.41) is 4.99. The number of nitrogens with one attached hydrogen (secondary N) is 1. The molecule has 0 saturated heterocycles. The maximum atomic E-state index is 12.9. The number of halogens is 1. The van der Waals surface area contributed by atoms with Crippen LogP contribution in [0, 0.1) is 12.7 Å². The fraction of sp³-hybridized carbons (Fsp3) is 0.214. The molecule has 2 rings (SSSR count). The van der Waals surface area contributed by atoms with E-state index in [-0.39, 0.29) is 11.8 Å². The lowest BCUT2D eigenvalue weighted by molar-refractivity contribution is -0.141. The largest absolute Gasteiger partial charge is 0.467 e. The first-order valence-corrected chi connectivity index (χ1v) is 6.63. The number of hydrogen-bond acceptors (Lipinski definition) is 4. The van der Waals surface area contributed by atoms with E-state index < -0.39 is 6.04 Å². The monoisotopic (exact) mass is 279 g/mol. The summed E-state index contributed by atoms with van der Waals surface area (Å²) >= 11 is 1.49. The highest BCUT2D eigenvalue weighted by molar-refractivity contribution is 7.10. The minimum Gasteiger partial charge on any atom is -0.467 e. The Morgan fingerprint density at radius 1 is 1.32 bits per heavy atom. The number of ether oxygens (including phenoxy) is 1. The lowest BCUT2D eigenvalue weighted by Gasteiger charge is -2.17. The molecule has 0 aliphatic heterocycles. The third-order valence-corrected chi connectivity index (χ3v) is 3.84. The number of carbonyl (C=O) groups is 1. The normalized spacial score (nSPS) is 11.9. The van der Waals surface area contributed by atoms with Crippen LogP contribution in [0.1, 0.15) is 16.5 Å². The van der Waals surface area contributed by atoms with Gasteiger partial charge in [0.1, 0.15) is 5.82 Å². The van der Waals surface area contributed by atoms with Gasteiger partial charge in [0, 0.05) is 10.6 Å². The molecule has 100 valence electrons. The molecule has 2 aromatic rings. The van der Waals surface area contributed by atoms with E-state index in [0.717, 1.165) is 10.4 Å². The first-order chi connectivity index (χ1) is 9.11. The van der Waals surface area contributed by atoms with Crippen molar-refractivity contribution >= 4 is 23.0 Å². The summed E-state index contributed by atoms with van der Waals surface area (Å²) in [5.74, 6) is -0.678. The maximum Gasteiger partial charge on any atom is 0.333 e. The standard InChI is InChI=1S/C14H14FNO2S/c1-9-7-8-19-13(9)12(14(17)18-2)16-11-5-3-10(15)4-6-11/h3-8,12,16H,1-2H3. The highest BCUT2D eigenvalue weighted by atomic mass is 32.1. The van der Waals surface area contributed by atoms with Gasteiger partial charge in [-0.05, 0) is 48.2 Å². The first-order valence-electron chi connectivity index (χ1n) is 5.75. The summed E-state index contributed by atoms with van der Waals surface area (Å²) in [4.78, 5) is 12.8. The maximum absolute atomic E-state index is 12.9. The van der Waals surface area contributed by atoms with E-state index in [1.807, 2.05) is 18.4 Å². The number of esters is 1. The highest BCUT2D eigenvalue weighted by Crippen LogP contribution is 2.28. The highest BCUT2D eigenvalue weighted by Gasteiger charge is 2.24. The summed E-state index contributed by atoms with van der Waals surface area (Å²) in [5.41, 5.74) is 1.69. The summed E-state index contributed by atoms with van der Waals surface area (Å²) in [7, 11) is 1.35. The first kappa shape index (κ1) is 13.5. The van der Waals surface area contributed by atoms with Crippen molar-refractivity contribution in [2.45, 2.75) is 13.0 Å². The molecule has 0 aliphatic rings. The minimum absolute atomic E-state index is 0.313. The van der Waals surface area contributed by atoms with Gasteiger partial charge in [-0.2, -0.15) is 0 Å². The molecular formula is C14H14FNO2S. The summed E-state index contributed by atoms with van der Waals surface area (Å²) in [6.45, 7) is 1.94. The van der Waals surface area contributed by atoms with E-state index >= 15 is 0 Å². The number of carbonyl (C=O) groups excluding carboxylic acids is 1. The third-order valence-electron chi connectivity index (χ3n) is 2.76. The van der Waals surface area contributed by atoms with Gasteiger partial charge in [0.2, 0.25) is 0 Å². The molecule has 0 bridgehead atoms. The lowest BCUT2D eigenvalue weighted by atomic mass is 10.1. The zero-order chi connectivity index (χ0) is 13.8. The Morgan fingerprint density at radius 3 is 2.53 bits per heavy atom. The Bertz CT molecular complexity index is 565. The molecule has 0 aliphatic carbocycles. The van der Waals surface area contributed by atoms with Crippen molar-refractivity contribution < 1.29 is 13.9 Å². The van der Waals surface area contributed by atoms with Gasteiger partial charge in [-0.25, -0.2) is 9.18 Å². The number of rotatable bonds is 4. The average molecular weight is 279 g/mol. The zero-order valence-corrected chi connectivity index (χ0v) is 11.5. The van der Waals surface area contributed by atoms with Crippen LogP contribution < -0.4 is 5.32 Å². The minimum atomic E-state index is -0.574. The number of methoxy groups -OCH3 is 1. The molecule has 1 aromatic heterocycles. The van der Waals surface area contributed by atoms with Crippen molar-refractivity contribution in [1.82, 2.24) is 0 Å². The Morgan fingerprint density at radius 2 is 2.00 bits per heavy atom. The van der Waals surface area contributed by atoms with Crippen molar-refractivity contribution in [2.24, 2.45) is 0 Å². The smallest absolute Gasteiger partial charge is 0.333 e. The van der Waals surface area contributed by atoms with Gasteiger partial charge >= 0.3 is 5.97 Å². The molecule has 0 radical (unpaired) electrons. The Balaban J connectivity index is 2.27. The van der Waals surface area contributed by atoms with Crippen LogP contribution in [0.25, 0.3) is 0 Å². The predicted molar refractivity (Wildman–Crippen MR) is 73.8 cm³/mol. The topological polar surface area (TPSA) is 38.3 Å². The number of thiophene rings is 1. The molecule has 3 nitrogen and oxygen atoms in total. The molecule has 1 atom stereocenters. The van der Waals surface area contributed by atoms with Crippen molar-refractivity contribution in [3.63, 3.8) is 0 Å². The van der Waals surface area contributed by atoms with Gasteiger partial charge in [-0.1, -0.05) is 0 Å². The number of hydrogen-bond donors (Lipinski definition) is 1. The lowest BCUT2D eigenvalue weighted by Crippen LogP contribution is -2.22. The van der Waals surface area contributed by atoms with Gasteiger partial charge in [-0.15, -0.1) is 11.3 Å². The molecule has 1 aromatic carbocycles. The van der Waals surface area contributed by atoms with E-state index in [4.69, 9.17) is 4.74 Å². The summed E-state index contributed by atoms with van der Waals surface area (Å²) in [6, 6.07) is 7.25. The second-order valence-corrected chi connectivity index (χ2v) is 5.02. The van der Waals surface area contributed by atoms with Gasteiger partial charge in [0.05, 0.1) is 7.11 Å².